The quantitative estimate of drug-likeness (QED) is 0.904. The Hall–Kier alpha value is -1.45. The van der Waals surface area contributed by atoms with Gasteiger partial charge in [-0.15, -0.1) is 0 Å². The van der Waals surface area contributed by atoms with Gasteiger partial charge in [0, 0.05) is 12.1 Å². The van der Waals surface area contributed by atoms with Crippen molar-refractivity contribution in [2.45, 2.75) is 44.9 Å². The minimum atomic E-state index is -0.809. The summed E-state index contributed by atoms with van der Waals surface area (Å²) in [6.45, 7) is 2.13. The molecule has 0 saturated heterocycles. The number of aromatic nitrogens is 1. The van der Waals surface area contributed by atoms with Crippen LogP contribution >= 0.6 is 0 Å². The Labute approximate surface area is 112 Å². The van der Waals surface area contributed by atoms with Crippen LogP contribution in [0, 0.1) is 17.7 Å². The van der Waals surface area contributed by atoms with E-state index in [1.165, 1.54) is 6.20 Å². The first-order valence-electron chi connectivity index (χ1n) is 6.95. The largest absolute Gasteiger partial charge is 0.481 e. The number of carboxylic acids is 1. The predicted octanol–water partition coefficient (Wildman–Crippen LogP) is 3.61. The molecule has 104 valence electrons. The lowest BCUT2D eigenvalue weighted by atomic mass is 9.70. The van der Waals surface area contributed by atoms with E-state index in [-0.39, 0.29) is 11.7 Å². The van der Waals surface area contributed by atoms with Crippen LogP contribution in [0.4, 0.5) is 4.39 Å². The Bertz CT molecular complexity index is 450. The van der Waals surface area contributed by atoms with Gasteiger partial charge in [-0.1, -0.05) is 19.8 Å². The maximum Gasteiger partial charge on any atom is 0.307 e. The van der Waals surface area contributed by atoms with E-state index in [1.54, 1.807) is 12.3 Å². The van der Waals surface area contributed by atoms with Crippen molar-refractivity contribution < 1.29 is 14.3 Å². The summed E-state index contributed by atoms with van der Waals surface area (Å²) >= 11 is 0. The Kier molecular flexibility index (Phi) is 4.51. The Balaban J connectivity index is 2.25. The summed E-state index contributed by atoms with van der Waals surface area (Å²) in [6, 6.07) is 1.63. The van der Waals surface area contributed by atoms with E-state index in [0.29, 0.717) is 17.9 Å². The van der Waals surface area contributed by atoms with E-state index in [2.05, 4.69) is 11.9 Å². The smallest absolute Gasteiger partial charge is 0.307 e. The van der Waals surface area contributed by atoms with Crippen molar-refractivity contribution in [2.75, 3.05) is 0 Å². The molecular formula is C15H20FNO2. The molecule has 1 aliphatic carbocycles. The molecule has 1 aliphatic rings. The third-order valence-electron chi connectivity index (χ3n) is 4.18. The first-order valence-corrected chi connectivity index (χ1v) is 6.95. The molecule has 4 heteroatoms. The molecule has 1 aromatic heterocycles. The second kappa shape index (κ2) is 6.13. The molecule has 1 N–H and O–H groups in total. The first kappa shape index (κ1) is 14.0. The topological polar surface area (TPSA) is 50.2 Å². The van der Waals surface area contributed by atoms with Crippen molar-refractivity contribution in [3.8, 4) is 0 Å². The minimum absolute atomic E-state index is 0.217. The lowest BCUT2D eigenvalue weighted by molar-refractivity contribution is -0.144. The van der Waals surface area contributed by atoms with Gasteiger partial charge in [-0.2, -0.15) is 0 Å². The van der Waals surface area contributed by atoms with Crippen LogP contribution in [0.25, 0.3) is 0 Å². The van der Waals surface area contributed by atoms with Crippen molar-refractivity contribution in [2.24, 2.45) is 11.8 Å². The SMILES string of the molecule is CCCC1CCC(C(=O)O)C(c2ccncc2F)C1. The predicted molar refractivity (Wildman–Crippen MR) is 70.3 cm³/mol. The number of rotatable bonds is 4. The Morgan fingerprint density at radius 3 is 2.95 bits per heavy atom. The van der Waals surface area contributed by atoms with Crippen molar-refractivity contribution in [3.05, 3.63) is 29.8 Å². The zero-order valence-electron chi connectivity index (χ0n) is 11.2. The summed E-state index contributed by atoms with van der Waals surface area (Å²) in [7, 11) is 0. The van der Waals surface area contributed by atoms with Gasteiger partial charge in [0.05, 0.1) is 12.1 Å². The molecule has 0 bridgehead atoms. The molecule has 1 heterocycles. The van der Waals surface area contributed by atoms with Crippen LogP contribution in [0.1, 0.15) is 50.5 Å². The van der Waals surface area contributed by atoms with Crippen LogP contribution in [0.5, 0.6) is 0 Å². The highest BCUT2D eigenvalue weighted by Gasteiger charge is 2.36. The van der Waals surface area contributed by atoms with Gasteiger partial charge in [0.2, 0.25) is 0 Å². The van der Waals surface area contributed by atoms with E-state index < -0.39 is 11.9 Å². The summed E-state index contributed by atoms with van der Waals surface area (Å²) in [6.07, 6.45) is 7.26. The molecule has 3 unspecified atom stereocenters. The fourth-order valence-electron chi connectivity index (χ4n) is 3.25. The molecule has 1 fully saturated rings. The van der Waals surface area contributed by atoms with Crippen molar-refractivity contribution >= 4 is 5.97 Å². The van der Waals surface area contributed by atoms with E-state index in [1.807, 2.05) is 0 Å². The number of halogens is 1. The average Bonchev–Trinajstić information content (AvgIpc) is 2.39. The molecule has 3 atom stereocenters. The van der Waals surface area contributed by atoms with E-state index in [0.717, 1.165) is 25.7 Å². The van der Waals surface area contributed by atoms with Gasteiger partial charge >= 0.3 is 5.97 Å². The lowest BCUT2D eigenvalue weighted by Gasteiger charge is -2.34. The van der Waals surface area contributed by atoms with Crippen LogP contribution in [-0.4, -0.2) is 16.1 Å². The van der Waals surface area contributed by atoms with Crippen LogP contribution in [0.2, 0.25) is 0 Å². The summed E-state index contributed by atoms with van der Waals surface area (Å²) in [4.78, 5) is 15.1. The zero-order chi connectivity index (χ0) is 13.8. The number of carbonyl (C=O) groups is 1. The minimum Gasteiger partial charge on any atom is -0.481 e. The standard InChI is InChI=1S/C15H20FNO2/c1-2-3-10-4-5-12(15(18)19)13(8-10)11-6-7-17-9-14(11)16/h6-7,9-10,12-13H,2-5,8H2,1H3,(H,18,19). The first-order chi connectivity index (χ1) is 9.13. The number of carboxylic acid groups (broad SMARTS) is 1. The molecule has 2 rings (SSSR count). The third kappa shape index (κ3) is 3.11. The Morgan fingerprint density at radius 1 is 1.53 bits per heavy atom. The highest BCUT2D eigenvalue weighted by Crippen LogP contribution is 2.42. The van der Waals surface area contributed by atoms with Crippen LogP contribution in [0.15, 0.2) is 18.5 Å². The summed E-state index contributed by atoms with van der Waals surface area (Å²) < 4.78 is 13.9. The molecule has 0 amide bonds. The maximum absolute atomic E-state index is 13.9. The molecule has 0 aliphatic heterocycles. The van der Waals surface area contributed by atoms with Gasteiger partial charge in [0.1, 0.15) is 5.82 Å². The van der Waals surface area contributed by atoms with Crippen LogP contribution in [-0.2, 0) is 4.79 Å². The normalized spacial score (nSPS) is 27.2. The van der Waals surface area contributed by atoms with Gasteiger partial charge < -0.3 is 5.11 Å². The number of hydrogen-bond acceptors (Lipinski definition) is 2. The number of aliphatic carboxylic acids is 1. The lowest BCUT2D eigenvalue weighted by Crippen LogP contribution is -2.29. The van der Waals surface area contributed by atoms with Gasteiger partial charge in [-0.05, 0) is 36.8 Å². The van der Waals surface area contributed by atoms with E-state index >= 15 is 0 Å². The van der Waals surface area contributed by atoms with Crippen molar-refractivity contribution in [1.29, 1.82) is 0 Å². The molecule has 0 spiro atoms. The van der Waals surface area contributed by atoms with Gasteiger partial charge in [-0.3, -0.25) is 9.78 Å². The van der Waals surface area contributed by atoms with Gasteiger partial charge in [0.25, 0.3) is 0 Å². The summed E-state index contributed by atoms with van der Waals surface area (Å²) in [5.41, 5.74) is 0.517. The fourth-order valence-corrected chi connectivity index (χ4v) is 3.25. The van der Waals surface area contributed by atoms with E-state index in [4.69, 9.17) is 0 Å². The zero-order valence-corrected chi connectivity index (χ0v) is 11.2. The van der Waals surface area contributed by atoms with Crippen molar-refractivity contribution in [1.82, 2.24) is 4.98 Å². The van der Waals surface area contributed by atoms with Crippen LogP contribution < -0.4 is 0 Å². The molecule has 3 nitrogen and oxygen atoms in total. The van der Waals surface area contributed by atoms with E-state index in [9.17, 15) is 14.3 Å². The molecule has 19 heavy (non-hydrogen) atoms. The van der Waals surface area contributed by atoms with Crippen LogP contribution in [0.3, 0.4) is 0 Å². The monoisotopic (exact) mass is 265 g/mol. The molecule has 0 radical (unpaired) electrons. The second-order valence-corrected chi connectivity index (χ2v) is 5.42. The number of pyridine rings is 1. The second-order valence-electron chi connectivity index (χ2n) is 5.42. The Morgan fingerprint density at radius 2 is 2.32 bits per heavy atom. The van der Waals surface area contributed by atoms with Gasteiger partial charge in [0.15, 0.2) is 0 Å². The highest BCUT2D eigenvalue weighted by atomic mass is 19.1. The van der Waals surface area contributed by atoms with Crippen molar-refractivity contribution in [3.63, 3.8) is 0 Å². The van der Waals surface area contributed by atoms with Gasteiger partial charge in [-0.25, -0.2) is 4.39 Å². The molecule has 1 aromatic rings. The molecule has 1 saturated carbocycles. The number of nitrogens with zero attached hydrogens (tertiary/aromatic N) is 1. The average molecular weight is 265 g/mol. The maximum atomic E-state index is 13.9. The molecule has 0 aromatic carbocycles. The third-order valence-corrected chi connectivity index (χ3v) is 4.18. The molecular weight excluding hydrogens is 245 g/mol. The highest BCUT2D eigenvalue weighted by molar-refractivity contribution is 5.71. The number of hydrogen-bond donors (Lipinski definition) is 1. The summed E-state index contributed by atoms with van der Waals surface area (Å²) in [5, 5.41) is 9.34. The fraction of sp³-hybridized carbons (Fsp3) is 0.600. The summed E-state index contributed by atoms with van der Waals surface area (Å²) in [5.74, 6) is -1.36.